The maximum absolute atomic E-state index is 5.91. The van der Waals surface area contributed by atoms with Crippen molar-refractivity contribution in [3.05, 3.63) is 29.4 Å². The van der Waals surface area contributed by atoms with Gasteiger partial charge in [0.15, 0.2) is 16.6 Å². The molecule has 0 aliphatic heterocycles. The van der Waals surface area contributed by atoms with Crippen molar-refractivity contribution in [1.82, 2.24) is 29.8 Å². The lowest BCUT2D eigenvalue weighted by atomic mass is 10.2. The molecule has 0 aliphatic carbocycles. The summed E-state index contributed by atoms with van der Waals surface area (Å²) >= 11 is 5.91. The Kier molecular flexibility index (Phi) is 1.90. The molecular weight excluding hydrogens is 228 g/mol. The summed E-state index contributed by atoms with van der Waals surface area (Å²) in [5.74, 6) is 0.700. The SMILES string of the molecule is Cc1[nH]ncc1-c1nnc2c(Cl)nccn12. The molecule has 3 aromatic heterocycles. The zero-order chi connectivity index (χ0) is 11.1. The van der Waals surface area contributed by atoms with Gasteiger partial charge in [-0.2, -0.15) is 5.10 Å². The minimum Gasteiger partial charge on any atom is -0.282 e. The molecule has 0 spiro atoms. The van der Waals surface area contributed by atoms with Crippen LogP contribution in [0, 0.1) is 6.92 Å². The van der Waals surface area contributed by atoms with E-state index >= 15 is 0 Å². The van der Waals surface area contributed by atoms with Gasteiger partial charge in [0.1, 0.15) is 0 Å². The summed E-state index contributed by atoms with van der Waals surface area (Å²) in [4.78, 5) is 3.94. The molecule has 16 heavy (non-hydrogen) atoms. The number of rotatable bonds is 1. The fourth-order valence-electron chi connectivity index (χ4n) is 1.56. The second-order valence-corrected chi connectivity index (χ2v) is 3.70. The Hall–Kier alpha value is -1.95. The zero-order valence-electron chi connectivity index (χ0n) is 8.35. The Morgan fingerprint density at radius 3 is 3.00 bits per heavy atom. The average molecular weight is 235 g/mol. The van der Waals surface area contributed by atoms with Gasteiger partial charge < -0.3 is 0 Å². The Morgan fingerprint density at radius 2 is 2.25 bits per heavy atom. The van der Waals surface area contributed by atoms with Crippen molar-refractivity contribution in [2.75, 3.05) is 0 Å². The normalized spacial score (nSPS) is 11.1. The molecule has 80 valence electrons. The van der Waals surface area contributed by atoms with Crippen LogP contribution in [-0.2, 0) is 0 Å². The summed E-state index contributed by atoms with van der Waals surface area (Å²) in [5, 5.41) is 15.2. The topological polar surface area (TPSA) is 71.8 Å². The number of nitrogens with one attached hydrogen (secondary N) is 1. The molecule has 0 bridgehead atoms. The highest BCUT2D eigenvalue weighted by Crippen LogP contribution is 2.22. The number of aromatic nitrogens is 6. The maximum atomic E-state index is 5.91. The zero-order valence-corrected chi connectivity index (χ0v) is 9.10. The molecule has 3 rings (SSSR count). The highest BCUT2D eigenvalue weighted by Gasteiger charge is 2.13. The molecule has 0 saturated heterocycles. The van der Waals surface area contributed by atoms with Crippen LogP contribution in [0.1, 0.15) is 5.69 Å². The van der Waals surface area contributed by atoms with Gasteiger partial charge >= 0.3 is 0 Å². The number of aryl methyl sites for hydroxylation is 1. The summed E-state index contributed by atoms with van der Waals surface area (Å²) in [6, 6.07) is 0. The van der Waals surface area contributed by atoms with Crippen LogP contribution in [0.2, 0.25) is 5.15 Å². The van der Waals surface area contributed by atoms with Crippen molar-refractivity contribution >= 4 is 17.2 Å². The predicted octanol–water partition coefficient (Wildman–Crippen LogP) is 1.48. The van der Waals surface area contributed by atoms with Crippen LogP contribution >= 0.6 is 11.6 Å². The highest BCUT2D eigenvalue weighted by atomic mass is 35.5. The van der Waals surface area contributed by atoms with E-state index in [0.717, 1.165) is 11.3 Å². The van der Waals surface area contributed by atoms with Crippen LogP contribution in [0.3, 0.4) is 0 Å². The van der Waals surface area contributed by atoms with Gasteiger partial charge in [-0.15, -0.1) is 10.2 Å². The van der Waals surface area contributed by atoms with Gasteiger partial charge in [0.25, 0.3) is 0 Å². The molecule has 3 aromatic rings. The fraction of sp³-hybridized carbons (Fsp3) is 0.111. The van der Waals surface area contributed by atoms with E-state index in [1.165, 1.54) is 0 Å². The molecule has 0 radical (unpaired) electrons. The number of fused-ring (bicyclic) bond motifs is 1. The van der Waals surface area contributed by atoms with Gasteiger partial charge in [0.05, 0.1) is 11.8 Å². The fourth-order valence-corrected chi connectivity index (χ4v) is 1.74. The van der Waals surface area contributed by atoms with Crippen LogP contribution in [0.25, 0.3) is 17.0 Å². The lowest BCUT2D eigenvalue weighted by molar-refractivity contribution is 1.04. The standard InChI is InChI=1S/C9H7ClN6/c1-5-6(4-12-13-5)8-14-15-9-7(10)11-2-3-16(8)9/h2-4H,1H3,(H,12,13). The van der Waals surface area contributed by atoms with E-state index in [0.29, 0.717) is 16.6 Å². The lowest BCUT2D eigenvalue weighted by Crippen LogP contribution is -1.91. The average Bonchev–Trinajstić information content (AvgIpc) is 2.84. The van der Waals surface area contributed by atoms with Gasteiger partial charge in [0.2, 0.25) is 0 Å². The first kappa shape index (κ1) is 9.29. The van der Waals surface area contributed by atoms with Crippen LogP contribution < -0.4 is 0 Å². The molecule has 0 aromatic carbocycles. The number of hydrogen-bond donors (Lipinski definition) is 1. The molecule has 7 heteroatoms. The van der Waals surface area contributed by atoms with E-state index in [1.807, 2.05) is 6.92 Å². The van der Waals surface area contributed by atoms with E-state index < -0.39 is 0 Å². The molecule has 0 aliphatic rings. The van der Waals surface area contributed by atoms with Crippen LogP contribution in [0.15, 0.2) is 18.6 Å². The molecule has 0 saturated carbocycles. The van der Waals surface area contributed by atoms with Crippen molar-refractivity contribution < 1.29 is 0 Å². The van der Waals surface area contributed by atoms with Gasteiger partial charge in [-0.1, -0.05) is 11.6 Å². The van der Waals surface area contributed by atoms with Gasteiger partial charge in [-0.25, -0.2) is 4.98 Å². The molecule has 0 amide bonds. The van der Waals surface area contributed by atoms with Gasteiger partial charge in [-0.05, 0) is 6.92 Å². The van der Waals surface area contributed by atoms with Crippen molar-refractivity contribution in [1.29, 1.82) is 0 Å². The van der Waals surface area contributed by atoms with E-state index in [2.05, 4.69) is 25.4 Å². The van der Waals surface area contributed by atoms with Crippen molar-refractivity contribution in [3.63, 3.8) is 0 Å². The number of aromatic amines is 1. The van der Waals surface area contributed by atoms with Crippen molar-refractivity contribution in [2.24, 2.45) is 0 Å². The summed E-state index contributed by atoms with van der Waals surface area (Å²) in [7, 11) is 0. The van der Waals surface area contributed by atoms with E-state index in [9.17, 15) is 0 Å². The van der Waals surface area contributed by atoms with Crippen LogP contribution in [-0.4, -0.2) is 29.8 Å². The number of hydrogen-bond acceptors (Lipinski definition) is 4. The highest BCUT2D eigenvalue weighted by molar-refractivity contribution is 6.32. The predicted molar refractivity (Wildman–Crippen MR) is 58.1 cm³/mol. The minimum atomic E-state index is 0.336. The second kappa shape index (κ2) is 3.28. The molecule has 0 unspecified atom stereocenters. The first-order chi connectivity index (χ1) is 7.77. The largest absolute Gasteiger partial charge is 0.282 e. The maximum Gasteiger partial charge on any atom is 0.198 e. The number of H-pyrrole nitrogens is 1. The quantitative estimate of drug-likeness (QED) is 0.692. The molecular formula is C9H7ClN6. The Bertz CT molecular complexity index is 655. The Labute approximate surface area is 95.3 Å². The van der Waals surface area contributed by atoms with Crippen LogP contribution in [0.5, 0.6) is 0 Å². The first-order valence-corrected chi connectivity index (χ1v) is 5.01. The third-order valence-corrected chi connectivity index (χ3v) is 2.62. The van der Waals surface area contributed by atoms with Gasteiger partial charge in [0, 0.05) is 18.1 Å². The van der Waals surface area contributed by atoms with Crippen LogP contribution in [0.4, 0.5) is 0 Å². The molecule has 0 atom stereocenters. The molecule has 6 nitrogen and oxygen atoms in total. The lowest BCUT2D eigenvalue weighted by Gasteiger charge is -1.97. The summed E-state index contributed by atoms with van der Waals surface area (Å²) in [5.41, 5.74) is 2.37. The minimum absolute atomic E-state index is 0.336. The number of nitrogens with zero attached hydrogens (tertiary/aromatic N) is 5. The smallest absolute Gasteiger partial charge is 0.198 e. The van der Waals surface area contributed by atoms with E-state index in [-0.39, 0.29) is 0 Å². The molecule has 3 heterocycles. The molecule has 1 N–H and O–H groups in total. The first-order valence-electron chi connectivity index (χ1n) is 4.63. The third-order valence-electron chi connectivity index (χ3n) is 2.35. The summed E-state index contributed by atoms with van der Waals surface area (Å²) in [6.07, 6.45) is 5.08. The van der Waals surface area contributed by atoms with Crippen molar-refractivity contribution in [3.8, 4) is 11.4 Å². The monoisotopic (exact) mass is 234 g/mol. The third kappa shape index (κ3) is 1.20. The summed E-state index contributed by atoms with van der Waals surface area (Å²) < 4.78 is 1.78. The van der Waals surface area contributed by atoms with Crippen molar-refractivity contribution in [2.45, 2.75) is 6.92 Å². The Balaban J connectivity index is 2.34. The van der Waals surface area contributed by atoms with E-state index in [1.54, 1.807) is 23.0 Å². The second-order valence-electron chi connectivity index (χ2n) is 3.34. The van der Waals surface area contributed by atoms with Gasteiger partial charge in [-0.3, -0.25) is 9.50 Å². The summed E-state index contributed by atoms with van der Waals surface area (Å²) in [6.45, 7) is 1.92. The number of halogens is 1. The Morgan fingerprint density at radius 1 is 1.38 bits per heavy atom. The van der Waals surface area contributed by atoms with E-state index in [4.69, 9.17) is 11.6 Å². The molecule has 0 fully saturated rings.